The Labute approximate surface area is 98.8 Å². The molecule has 0 aromatic carbocycles. The predicted molar refractivity (Wildman–Crippen MR) is 60.8 cm³/mol. The van der Waals surface area contributed by atoms with E-state index in [0.717, 1.165) is 25.7 Å². The summed E-state index contributed by atoms with van der Waals surface area (Å²) in [6.45, 7) is 0. The normalized spacial score (nSPS) is 18.7. The van der Waals surface area contributed by atoms with Gasteiger partial charge in [-0.15, -0.1) is 0 Å². The quantitative estimate of drug-likeness (QED) is 0.842. The zero-order chi connectivity index (χ0) is 11.9. The molecule has 1 fully saturated rings. The molecular formula is C11H15N5O. The van der Waals surface area contributed by atoms with E-state index in [4.69, 9.17) is 10.3 Å². The van der Waals surface area contributed by atoms with Crippen LogP contribution in [-0.2, 0) is 12.6 Å². The molecule has 1 aliphatic rings. The van der Waals surface area contributed by atoms with Gasteiger partial charge in [-0.05, 0) is 18.9 Å². The molecule has 0 atom stereocenters. The topological polar surface area (TPSA) is 82.8 Å². The van der Waals surface area contributed by atoms with E-state index in [2.05, 4.69) is 15.2 Å². The lowest BCUT2D eigenvalue weighted by Crippen LogP contribution is -2.33. The van der Waals surface area contributed by atoms with Crippen LogP contribution in [0.4, 0.5) is 0 Å². The van der Waals surface area contributed by atoms with Crippen molar-refractivity contribution in [3.63, 3.8) is 0 Å². The maximum absolute atomic E-state index is 6.26. The third kappa shape index (κ3) is 1.74. The smallest absolute Gasteiger partial charge is 0.247 e. The van der Waals surface area contributed by atoms with Crippen molar-refractivity contribution >= 4 is 0 Å². The first-order valence-corrected chi connectivity index (χ1v) is 5.80. The number of aryl methyl sites for hydroxylation is 1. The maximum atomic E-state index is 6.26. The lowest BCUT2D eigenvalue weighted by atomic mass is 9.99. The zero-order valence-electron chi connectivity index (χ0n) is 9.76. The molecule has 2 N–H and O–H groups in total. The van der Waals surface area contributed by atoms with E-state index >= 15 is 0 Å². The maximum Gasteiger partial charge on any atom is 0.247 e. The number of rotatable bonds is 2. The van der Waals surface area contributed by atoms with Gasteiger partial charge in [-0.2, -0.15) is 10.1 Å². The van der Waals surface area contributed by atoms with Gasteiger partial charge >= 0.3 is 0 Å². The number of aromatic nitrogens is 4. The Balaban J connectivity index is 1.92. The van der Waals surface area contributed by atoms with Gasteiger partial charge in [-0.3, -0.25) is 4.68 Å². The fraction of sp³-hybridized carbons (Fsp3) is 0.545. The van der Waals surface area contributed by atoms with Crippen molar-refractivity contribution in [2.75, 3.05) is 0 Å². The van der Waals surface area contributed by atoms with Gasteiger partial charge in [0.2, 0.25) is 11.7 Å². The molecule has 17 heavy (non-hydrogen) atoms. The highest BCUT2D eigenvalue weighted by molar-refractivity contribution is 5.46. The van der Waals surface area contributed by atoms with Crippen LogP contribution in [0.2, 0.25) is 0 Å². The van der Waals surface area contributed by atoms with Crippen molar-refractivity contribution in [2.45, 2.75) is 31.2 Å². The van der Waals surface area contributed by atoms with Crippen LogP contribution in [0.3, 0.4) is 0 Å². The van der Waals surface area contributed by atoms with E-state index in [0.29, 0.717) is 17.4 Å². The average Bonchev–Trinajstić information content (AvgIpc) is 2.96. The molecule has 0 aliphatic heterocycles. The summed E-state index contributed by atoms with van der Waals surface area (Å²) in [5, 5.41) is 8.18. The molecule has 6 heteroatoms. The van der Waals surface area contributed by atoms with Crippen molar-refractivity contribution < 1.29 is 4.52 Å². The van der Waals surface area contributed by atoms with E-state index in [1.165, 1.54) is 0 Å². The highest BCUT2D eigenvalue weighted by atomic mass is 16.5. The van der Waals surface area contributed by atoms with Gasteiger partial charge < -0.3 is 10.3 Å². The Kier molecular flexibility index (Phi) is 2.25. The van der Waals surface area contributed by atoms with E-state index in [1.807, 2.05) is 19.3 Å². The van der Waals surface area contributed by atoms with Gasteiger partial charge in [-0.1, -0.05) is 18.0 Å². The van der Waals surface area contributed by atoms with Crippen LogP contribution in [0.1, 0.15) is 31.6 Å². The van der Waals surface area contributed by atoms with E-state index < -0.39 is 5.54 Å². The summed E-state index contributed by atoms with van der Waals surface area (Å²) in [4.78, 5) is 4.37. The highest BCUT2D eigenvalue weighted by Crippen LogP contribution is 2.35. The molecule has 3 rings (SSSR count). The van der Waals surface area contributed by atoms with E-state index in [1.54, 1.807) is 4.68 Å². The summed E-state index contributed by atoms with van der Waals surface area (Å²) in [6.07, 6.45) is 5.92. The first kappa shape index (κ1) is 10.5. The SMILES string of the molecule is Cn1ccc(-c2noc(C3(N)CCCC3)n2)n1. The fourth-order valence-electron chi connectivity index (χ4n) is 2.28. The van der Waals surface area contributed by atoms with Crippen LogP contribution >= 0.6 is 0 Å². The van der Waals surface area contributed by atoms with Crippen molar-refractivity contribution in [2.24, 2.45) is 12.8 Å². The van der Waals surface area contributed by atoms with Gasteiger partial charge in [0, 0.05) is 13.2 Å². The molecule has 0 bridgehead atoms. The molecule has 2 heterocycles. The summed E-state index contributed by atoms with van der Waals surface area (Å²) in [5.41, 5.74) is 6.54. The lowest BCUT2D eigenvalue weighted by Gasteiger charge is -2.16. The Morgan fingerprint density at radius 1 is 1.41 bits per heavy atom. The standard InChI is InChI=1S/C11H15N5O/c1-16-7-4-8(14-16)9-13-10(17-15-9)11(12)5-2-3-6-11/h4,7H,2-3,5-6,12H2,1H3. The summed E-state index contributed by atoms with van der Waals surface area (Å²) >= 11 is 0. The summed E-state index contributed by atoms with van der Waals surface area (Å²) < 4.78 is 6.99. The first-order chi connectivity index (χ1) is 8.17. The Hall–Kier alpha value is -1.69. The third-order valence-corrected chi connectivity index (χ3v) is 3.29. The largest absolute Gasteiger partial charge is 0.337 e. The zero-order valence-corrected chi connectivity index (χ0v) is 9.76. The second kappa shape index (κ2) is 3.66. The molecule has 1 aliphatic carbocycles. The minimum atomic E-state index is -0.431. The number of nitrogens with two attached hydrogens (primary N) is 1. The van der Waals surface area contributed by atoms with Crippen molar-refractivity contribution in [3.05, 3.63) is 18.2 Å². The molecule has 0 unspecified atom stereocenters. The van der Waals surface area contributed by atoms with E-state index in [-0.39, 0.29) is 0 Å². The molecular weight excluding hydrogens is 218 g/mol. The van der Waals surface area contributed by atoms with Gasteiger partial charge in [0.15, 0.2) is 0 Å². The van der Waals surface area contributed by atoms with Gasteiger partial charge in [-0.25, -0.2) is 0 Å². The Bertz CT molecular complexity index is 523. The van der Waals surface area contributed by atoms with Crippen LogP contribution in [0, 0.1) is 0 Å². The number of hydrogen-bond acceptors (Lipinski definition) is 5. The molecule has 6 nitrogen and oxygen atoms in total. The van der Waals surface area contributed by atoms with E-state index in [9.17, 15) is 0 Å². The van der Waals surface area contributed by atoms with Crippen LogP contribution in [0.5, 0.6) is 0 Å². The number of nitrogens with zero attached hydrogens (tertiary/aromatic N) is 4. The van der Waals surface area contributed by atoms with Crippen LogP contribution in [0.15, 0.2) is 16.8 Å². The molecule has 0 saturated heterocycles. The second-order valence-corrected chi connectivity index (χ2v) is 4.66. The molecule has 1 saturated carbocycles. The number of hydrogen-bond donors (Lipinski definition) is 1. The monoisotopic (exact) mass is 233 g/mol. The van der Waals surface area contributed by atoms with Gasteiger partial charge in [0.1, 0.15) is 5.69 Å². The molecule has 2 aromatic rings. The minimum absolute atomic E-state index is 0.431. The van der Waals surface area contributed by atoms with Crippen LogP contribution in [0.25, 0.3) is 11.5 Å². The summed E-state index contributed by atoms with van der Waals surface area (Å²) in [7, 11) is 1.85. The second-order valence-electron chi connectivity index (χ2n) is 4.66. The minimum Gasteiger partial charge on any atom is -0.337 e. The molecule has 90 valence electrons. The van der Waals surface area contributed by atoms with Crippen LogP contribution in [-0.4, -0.2) is 19.9 Å². The highest BCUT2D eigenvalue weighted by Gasteiger charge is 2.37. The lowest BCUT2D eigenvalue weighted by molar-refractivity contribution is 0.285. The molecule has 0 amide bonds. The molecule has 0 radical (unpaired) electrons. The van der Waals surface area contributed by atoms with Crippen molar-refractivity contribution in [1.82, 2.24) is 19.9 Å². The summed E-state index contributed by atoms with van der Waals surface area (Å²) in [6, 6.07) is 1.85. The predicted octanol–water partition coefficient (Wildman–Crippen LogP) is 1.20. The Morgan fingerprint density at radius 3 is 2.82 bits per heavy atom. The van der Waals surface area contributed by atoms with Crippen molar-refractivity contribution in [3.8, 4) is 11.5 Å². The average molecular weight is 233 g/mol. The molecule has 2 aromatic heterocycles. The Morgan fingerprint density at radius 2 is 2.18 bits per heavy atom. The first-order valence-electron chi connectivity index (χ1n) is 5.80. The molecule has 0 spiro atoms. The fourth-order valence-corrected chi connectivity index (χ4v) is 2.28. The van der Waals surface area contributed by atoms with Gasteiger partial charge in [0.25, 0.3) is 0 Å². The van der Waals surface area contributed by atoms with Crippen LogP contribution < -0.4 is 5.73 Å². The van der Waals surface area contributed by atoms with Crippen molar-refractivity contribution in [1.29, 1.82) is 0 Å². The summed E-state index contributed by atoms with van der Waals surface area (Å²) in [5.74, 6) is 1.05. The third-order valence-electron chi connectivity index (χ3n) is 3.29. The van der Waals surface area contributed by atoms with Gasteiger partial charge in [0.05, 0.1) is 5.54 Å².